The molecule has 9 nitrogen and oxygen atoms in total. The van der Waals surface area contributed by atoms with E-state index in [1.165, 1.54) is 16.8 Å². The number of nitrogens with zero attached hydrogens (tertiary/aromatic N) is 1. The first-order valence-electron chi connectivity index (χ1n) is 15.5. The molecule has 1 aromatic heterocycles. The molecule has 1 saturated carbocycles. The van der Waals surface area contributed by atoms with Gasteiger partial charge in [0.2, 0.25) is 0 Å². The number of pyridine rings is 1. The Morgan fingerprint density at radius 1 is 0.935 bits per heavy atom. The van der Waals surface area contributed by atoms with Gasteiger partial charge in [0, 0.05) is 34.8 Å². The number of alkyl carbamates (subject to hydrolysis) is 1. The van der Waals surface area contributed by atoms with Crippen LogP contribution in [0, 0.1) is 0 Å². The molecular formula is C36H43ClN2O7. The van der Waals surface area contributed by atoms with Gasteiger partial charge in [-0.05, 0) is 96.6 Å². The van der Waals surface area contributed by atoms with Gasteiger partial charge in [0.25, 0.3) is 5.56 Å². The minimum atomic E-state index is -1.05. The van der Waals surface area contributed by atoms with Crippen LogP contribution in [0.5, 0.6) is 0 Å². The number of ether oxygens (including phenoxy) is 3. The molecule has 0 saturated heterocycles. The predicted octanol–water partition coefficient (Wildman–Crippen LogP) is 7.07. The predicted molar refractivity (Wildman–Crippen MR) is 177 cm³/mol. The first-order valence-corrected chi connectivity index (χ1v) is 15.9. The van der Waals surface area contributed by atoms with E-state index in [9.17, 15) is 19.2 Å². The molecule has 1 heterocycles. The van der Waals surface area contributed by atoms with E-state index in [1.54, 1.807) is 60.6 Å². The summed E-state index contributed by atoms with van der Waals surface area (Å²) in [6.07, 6.45) is 2.91. The zero-order valence-electron chi connectivity index (χ0n) is 27.6. The van der Waals surface area contributed by atoms with Gasteiger partial charge in [-0.1, -0.05) is 48.0 Å². The molecule has 2 aromatic carbocycles. The van der Waals surface area contributed by atoms with Crippen LogP contribution in [-0.2, 0) is 31.8 Å². The molecule has 0 spiro atoms. The molecule has 0 aliphatic heterocycles. The second kappa shape index (κ2) is 13.7. The summed E-state index contributed by atoms with van der Waals surface area (Å²) in [4.78, 5) is 53.6. The maximum absolute atomic E-state index is 13.9. The van der Waals surface area contributed by atoms with Gasteiger partial charge < -0.3 is 19.5 Å². The second-order valence-electron chi connectivity index (χ2n) is 13.7. The average Bonchev–Trinajstić information content (AvgIpc) is 3.69. The summed E-state index contributed by atoms with van der Waals surface area (Å²) in [6, 6.07) is 14.8. The fourth-order valence-electron chi connectivity index (χ4n) is 5.22. The molecule has 1 atom stereocenters. The van der Waals surface area contributed by atoms with Crippen LogP contribution in [0.25, 0.3) is 11.1 Å². The number of hydrogen-bond donors (Lipinski definition) is 1. The van der Waals surface area contributed by atoms with E-state index in [2.05, 4.69) is 5.32 Å². The quantitative estimate of drug-likeness (QED) is 0.184. The molecule has 10 heteroatoms. The molecule has 46 heavy (non-hydrogen) atoms. The van der Waals surface area contributed by atoms with Crippen LogP contribution in [0.4, 0.5) is 4.79 Å². The molecule has 1 unspecified atom stereocenters. The summed E-state index contributed by atoms with van der Waals surface area (Å²) >= 11 is 6.47. The number of aromatic nitrogens is 1. The third-order valence-electron chi connectivity index (χ3n) is 7.37. The lowest BCUT2D eigenvalue weighted by Crippen LogP contribution is -2.42. The van der Waals surface area contributed by atoms with Gasteiger partial charge in [0.15, 0.2) is 0 Å². The van der Waals surface area contributed by atoms with Crippen LogP contribution in [0.2, 0.25) is 5.02 Å². The zero-order chi connectivity index (χ0) is 33.9. The molecule has 3 aromatic rings. The molecule has 0 radical (unpaired) electrons. The Kier molecular flexibility index (Phi) is 10.4. The molecule has 4 rings (SSSR count). The highest BCUT2D eigenvalue weighted by atomic mass is 35.5. The van der Waals surface area contributed by atoms with Crippen molar-refractivity contribution in [3.63, 3.8) is 0 Å². The lowest BCUT2D eigenvalue weighted by Gasteiger charge is -2.26. The van der Waals surface area contributed by atoms with Crippen molar-refractivity contribution in [1.82, 2.24) is 9.88 Å². The van der Waals surface area contributed by atoms with Crippen molar-refractivity contribution in [3.8, 4) is 11.1 Å². The fourth-order valence-corrected chi connectivity index (χ4v) is 5.40. The van der Waals surface area contributed by atoms with Crippen molar-refractivity contribution < 1.29 is 28.6 Å². The van der Waals surface area contributed by atoms with Crippen LogP contribution < -0.4 is 10.9 Å². The third kappa shape index (κ3) is 9.22. The molecule has 1 aliphatic carbocycles. The highest BCUT2D eigenvalue weighted by Crippen LogP contribution is 2.42. The molecule has 1 aliphatic rings. The number of nitrogens with one attached hydrogen (secondary N) is 1. The van der Waals surface area contributed by atoms with E-state index in [0.717, 1.165) is 24.0 Å². The average molecular weight is 651 g/mol. The van der Waals surface area contributed by atoms with Crippen LogP contribution in [-0.4, -0.2) is 45.9 Å². The summed E-state index contributed by atoms with van der Waals surface area (Å²) in [5.74, 6) is -1.26. The number of carbonyl (C=O) groups is 3. The lowest BCUT2D eigenvalue weighted by atomic mass is 9.92. The maximum atomic E-state index is 13.9. The van der Waals surface area contributed by atoms with E-state index >= 15 is 0 Å². The van der Waals surface area contributed by atoms with Gasteiger partial charge in [-0.2, -0.15) is 0 Å². The lowest BCUT2D eigenvalue weighted by molar-refractivity contribution is -0.159. The minimum absolute atomic E-state index is 0.0940. The van der Waals surface area contributed by atoms with E-state index in [-0.39, 0.29) is 18.6 Å². The van der Waals surface area contributed by atoms with Gasteiger partial charge in [-0.15, -0.1) is 0 Å². The van der Waals surface area contributed by atoms with Gasteiger partial charge in [-0.25, -0.2) is 14.4 Å². The normalized spacial score (nSPS) is 14.6. The van der Waals surface area contributed by atoms with Crippen LogP contribution in [0.1, 0.15) is 88.8 Å². The van der Waals surface area contributed by atoms with Gasteiger partial charge >= 0.3 is 18.0 Å². The summed E-state index contributed by atoms with van der Waals surface area (Å²) in [5, 5.41) is 3.41. The van der Waals surface area contributed by atoms with Crippen LogP contribution in [0.15, 0.2) is 65.6 Å². The highest BCUT2D eigenvalue weighted by molar-refractivity contribution is 6.31. The number of benzene rings is 2. The van der Waals surface area contributed by atoms with Crippen molar-refractivity contribution in [2.45, 2.75) is 96.9 Å². The number of esters is 2. The highest BCUT2D eigenvalue weighted by Gasteiger charge is 2.45. The monoisotopic (exact) mass is 650 g/mol. The van der Waals surface area contributed by atoms with E-state index in [4.69, 9.17) is 25.8 Å². The number of halogens is 1. The van der Waals surface area contributed by atoms with Crippen molar-refractivity contribution >= 4 is 29.6 Å². The summed E-state index contributed by atoms with van der Waals surface area (Å²) in [7, 11) is 0. The largest absolute Gasteiger partial charge is 0.462 e. The van der Waals surface area contributed by atoms with Crippen molar-refractivity contribution in [2.24, 2.45) is 0 Å². The third-order valence-corrected chi connectivity index (χ3v) is 7.61. The van der Waals surface area contributed by atoms with E-state index in [1.807, 2.05) is 36.4 Å². The fraction of sp³-hybridized carbons (Fsp3) is 0.444. The van der Waals surface area contributed by atoms with Crippen LogP contribution >= 0.6 is 11.6 Å². The molecular weight excluding hydrogens is 608 g/mol. The van der Waals surface area contributed by atoms with Crippen molar-refractivity contribution in [3.05, 3.63) is 92.9 Å². The van der Waals surface area contributed by atoms with Gasteiger partial charge in [-0.3, -0.25) is 9.36 Å². The molecule has 1 N–H and O–H groups in total. The summed E-state index contributed by atoms with van der Waals surface area (Å²) < 4.78 is 17.9. The van der Waals surface area contributed by atoms with Crippen molar-refractivity contribution in [2.75, 3.05) is 6.61 Å². The first-order chi connectivity index (χ1) is 21.5. The standard InChI is InChI=1S/C36H43ClN2O7/c1-8-44-31(41)28-22-39(29(32(42)45-34(2,3)4)18-23-12-10-9-11-13-23)30(40)20-27(28)26-19-25(37)15-14-24(26)21-36(16-17-36)38-33(43)46-35(5,6)7/h9-15,19-20,22,29H,8,16-18,21H2,1-7H3,(H,38,43). The number of rotatable bonds is 10. The summed E-state index contributed by atoms with van der Waals surface area (Å²) in [5.41, 5.74) is 0.0436. The SMILES string of the molecule is CCOC(=O)c1cn(C(Cc2ccccc2)C(=O)OC(C)(C)C)c(=O)cc1-c1cc(Cl)ccc1CC1(NC(=O)OC(C)(C)C)CC1. The Hall–Kier alpha value is -4.11. The van der Waals surface area contributed by atoms with Gasteiger partial charge in [0.1, 0.15) is 17.2 Å². The van der Waals surface area contributed by atoms with E-state index < -0.39 is 46.4 Å². The zero-order valence-corrected chi connectivity index (χ0v) is 28.3. The number of amides is 1. The molecule has 0 bridgehead atoms. The summed E-state index contributed by atoms with van der Waals surface area (Å²) in [6.45, 7) is 12.5. The number of carbonyl (C=O) groups excluding carboxylic acids is 3. The molecule has 1 amide bonds. The Bertz CT molecular complexity index is 1650. The van der Waals surface area contributed by atoms with Gasteiger partial charge in [0.05, 0.1) is 12.2 Å². The number of hydrogen-bond acceptors (Lipinski definition) is 7. The van der Waals surface area contributed by atoms with Crippen molar-refractivity contribution in [1.29, 1.82) is 0 Å². The smallest absolute Gasteiger partial charge is 0.408 e. The first kappa shape index (κ1) is 34.8. The maximum Gasteiger partial charge on any atom is 0.408 e. The Balaban J connectivity index is 1.82. The molecule has 1 fully saturated rings. The van der Waals surface area contributed by atoms with Crippen LogP contribution in [0.3, 0.4) is 0 Å². The Morgan fingerprint density at radius 3 is 2.17 bits per heavy atom. The second-order valence-corrected chi connectivity index (χ2v) is 14.1. The Labute approximate surface area is 275 Å². The minimum Gasteiger partial charge on any atom is -0.462 e. The van der Waals surface area contributed by atoms with E-state index in [0.29, 0.717) is 22.6 Å². The Morgan fingerprint density at radius 2 is 1.59 bits per heavy atom. The molecule has 246 valence electrons. The topological polar surface area (TPSA) is 113 Å².